The smallest absolute Gasteiger partial charge is 0.230 e. The highest BCUT2D eigenvalue weighted by atomic mass is 32.1. The van der Waals surface area contributed by atoms with Gasteiger partial charge in [0, 0.05) is 28.6 Å². The number of nitrogens with zero attached hydrogens (tertiary/aromatic N) is 1. The first-order valence-corrected chi connectivity index (χ1v) is 10.7. The largest absolute Gasteiger partial charge is 0.493 e. The molecule has 5 nitrogen and oxygen atoms in total. The molecular weight excluding hydrogens is 396 g/mol. The van der Waals surface area contributed by atoms with Crippen molar-refractivity contribution in [2.24, 2.45) is 0 Å². The standard InChI is InChI=1S/C24H26N2O3S/c1-5-10-26-23(27)24(2,18-8-6-16(15-25)7-9-18)14-19-11-17-12-20(28-3)21(29-4)13-22(17)30-19/h6-9,11-13H,5,10,14H2,1-4H3,(H,26,27). The number of carbonyl (C=O) groups excluding carboxylic acids is 1. The molecule has 0 radical (unpaired) electrons. The van der Waals surface area contributed by atoms with Gasteiger partial charge in [-0.1, -0.05) is 19.1 Å². The summed E-state index contributed by atoms with van der Waals surface area (Å²) in [7, 11) is 3.25. The summed E-state index contributed by atoms with van der Waals surface area (Å²) >= 11 is 1.65. The molecule has 0 fully saturated rings. The molecule has 3 aromatic rings. The third-order valence-corrected chi connectivity index (χ3v) is 6.39. The Labute approximate surface area is 181 Å². The second kappa shape index (κ2) is 9.19. The summed E-state index contributed by atoms with van der Waals surface area (Å²) in [5.74, 6) is 1.36. The van der Waals surface area contributed by atoms with Crippen LogP contribution in [0, 0.1) is 11.3 Å². The van der Waals surface area contributed by atoms with Gasteiger partial charge in [0.1, 0.15) is 0 Å². The van der Waals surface area contributed by atoms with E-state index in [1.807, 2.05) is 38.1 Å². The molecule has 3 rings (SSSR count). The van der Waals surface area contributed by atoms with Crippen molar-refractivity contribution in [3.05, 3.63) is 58.5 Å². The molecule has 1 aromatic heterocycles. The van der Waals surface area contributed by atoms with Crippen molar-refractivity contribution in [2.75, 3.05) is 20.8 Å². The average Bonchev–Trinajstić information content (AvgIpc) is 3.16. The van der Waals surface area contributed by atoms with E-state index in [0.29, 0.717) is 30.0 Å². The minimum Gasteiger partial charge on any atom is -0.493 e. The van der Waals surface area contributed by atoms with Crippen LogP contribution in [0.3, 0.4) is 0 Å². The molecule has 0 bridgehead atoms. The molecule has 2 aromatic carbocycles. The predicted molar refractivity (Wildman–Crippen MR) is 120 cm³/mol. The van der Waals surface area contributed by atoms with E-state index in [2.05, 4.69) is 17.5 Å². The summed E-state index contributed by atoms with van der Waals surface area (Å²) in [6.45, 7) is 4.63. The molecule has 156 valence electrons. The second-order valence-electron chi connectivity index (χ2n) is 7.41. The Bertz CT molecular complexity index is 1040. The summed E-state index contributed by atoms with van der Waals surface area (Å²) in [6, 6.07) is 15.5. The molecule has 0 aliphatic rings. The van der Waals surface area contributed by atoms with Crippen molar-refractivity contribution in [1.82, 2.24) is 5.32 Å². The highest BCUT2D eigenvalue weighted by Gasteiger charge is 2.35. The zero-order valence-electron chi connectivity index (χ0n) is 17.7. The Morgan fingerprint density at radius 2 is 1.80 bits per heavy atom. The topological polar surface area (TPSA) is 71.3 Å². The molecule has 1 atom stereocenters. The first kappa shape index (κ1) is 21.7. The highest BCUT2D eigenvalue weighted by molar-refractivity contribution is 7.19. The molecule has 1 amide bonds. The van der Waals surface area contributed by atoms with Gasteiger partial charge in [-0.3, -0.25) is 4.79 Å². The molecule has 0 spiro atoms. The maximum absolute atomic E-state index is 13.2. The molecule has 0 aliphatic carbocycles. The van der Waals surface area contributed by atoms with Gasteiger partial charge in [-0.25, -0.2) is 0 Å². The zero-order chi connectivity index (χ0) is 21.7. The van der Waals surface area contributed by atoms with Crippen LogP contribution in [0.5, 0.6) is 11.5 Å². The maximum Gasteiger partial charge on any atom is 0.230 e. The Balaban J connectivity index is 2.01. The lowest BCUT2D eigenvalue weighted by Gasteiger charge is -2.28. The van der Waals surface area contributed by atoms with Crippen LogP contribution >= 0.6 is 11.3 Å². The van der Waals surface area contributed by atoms with Gasteiger partial charge in [0.25, 0.3) is 0 Å². The third-order valence-electron chi connectivity index (χ3n) is 5.29. The van der Waals surface area contributed by atoms with Crippen molar-refractivity contribution in [3.63, 3.8) is 0 Å². The first-order chi connectivity index (χ1) is 14.4. The lowest BCUT2D eigenvalue weighted by molar-refractivity contribution is -0.126. The molecule has 1 N–H and O–H groups in total. The molecule has 0 saturated carbocycles. The van der Waals surface area contributed by atoms with Gasteiger partial charge in [-0.15, -0.1) is 11.3 Å². The van der Waals surface area contributed by atoms with E-state index in [0.717, 1.165) is 26.9 Å². The van der Waals surface area contributed by atoms with E-state index < -0.39 is 5.41 Å². The molecule has 1 unspecified atom stereocenters. The SMILES string of the molecule is CCCNC(=O)C(C)(Cc1cc2cc(OC)c(OC)cc2s1)c1ccc(C#N)cc1. The number of thiophene rings is 1. The van der Waals surface area contributed by atoms with Gasteiger partial charge in [0.05, 0.1) is 31.3 Å². The molecule has 6 heteroatoms. The third kappa shape index (κ3) is 4.27. The van der Waals surface area contributed by atoms with Gasteiger partial charge in [-0.05, 0) is 48.6 Å². The van der Waals surface area contributed by atoms with E-state index >= 15 is 0 Å². The van der Waals surface area contributed by atoms with Crippen LogP contribution in [-0.2, 0) is 16.6 Å². The van der Waals surface area contributed by atoms with Crippen LogP contribution in [0.15, 0.2) is 42.5 Å². The maximum atomic E-state index is 13.2. The summed E-state index contributed by atoms with van der Waals surface area (Å²) in [6.07, 6.45) is 1.43. The summed E-state index contributed by atoms with van der Waals surface area (Å²) in [4.78, 5) is 14.3. The number of nitrogens with one attached hydrogen (secondary N) is 1. The number of hydrogen-bond donors (Lipinski definition) is 1. The molecule has 0 aliphatic heterocycles. The minimum atomic E-state index is -0.752. The number of amides is 1. The summed E-state index contributed by atoms with van der Waals surface area (Å²) < 4.78 is 11.9. The Kier molecular flexibility index (Phi) is 6.63. The van der Waals surface area contributed by atoms with E-state index in [4.69, 9.17) is 14.7 Å². The van der Waals surface area contributed by atoms with Crippen molar-refractivity contribution >= 4 is 27.3 Å². The minimum absolute atomic E-state index is 0.0123. The number of methoxy groups -OCH3 is 2. The van der Waals surface area contributed by atoms with Crippen LogP contribution in [-0.4, -0.2) is 26.7 Å². The Morgan fingerprint density at radius 3 is 2.40 bits per heavy atom. The van der Waals surface area contributed by atoms with Gasteiger partial charge < -0.3 is 14.8 Å². The van der Waals surface area contributed by atoms with E-state index in [-0.39, 0.29) is 5.91 Å². The van der Waals surface area contributed by atoms with E-state index in [1.165, 1.54) is 0 Å². The number of nitriles is 1. The highest BCUT2D eigenvalue weighted by Crippen LogP contribution is 2.39. The van der Waals surface area contributed by atoms with Crippen LogP contribution < -0.4 is 14.8 Å². The fourth-order valence-corrected chi connectivity index (χ4v) is 4.75. The fourth-order valence-electron chi connectivity index (χ4n) is 3.52. The van der Waals surface area contributed by atoms with Crippen molar-refractivity contribution in [1.29, 1.82) is 5.26 Å². The van der Waals surface area contributed by atoms with Crippen LogP contribution in [0.4, 0.5) is 0 Å². The van der Waals surface area contributed by atoms with Crippen LogP contribution in [0.1, 0.15) is 36.3 Å². The first-order valence-electron chi connectivity index (χ1n) is 9.88. The monoisotopic (exact) mass is 422 g/mol. The number of ether oxygens (including phenoxy) is 2. The molecule has 30 heavy (non-hydrogen) atoms. The number of rotatable bonds is 8. The van der Waals surface area contributed by atoms with Crippen molar-refractivity contribution in [2.45, 2.75) is 32.1 Å². The average molecular weight is 423 g/mol. The van der Waals surface area contributed by atoms with Gasteiger partial charge in [0.2, 0.25) is 5.91 Å². The lowest BCUT2D eigenvalue weighted by atomic mass is 9.77. The van der Waals surface area contributed by atoms with Crippen LogP contribution in [0.2, 0.25) is 0 Å². The normalized spacial score (nSPS) is 12.8. The van der Waals surface area contributed by atoms with Gasteiger partial charge >= 0.3 is 0 Å². The zero-order valence-corrected chi connectivity index (χ0v) is 18.6. The Morgan fingerprint density at radius 1 is 1.13 bits per heavy atom. The quantitative estimate of drug-likeness (QED) is 0.565. The predicted octanol–water partition coefficient (Wildman–Crippen LogP) is 4.82. The van der Waals surface area contributed by atoms with Gasteiger partial charge in [-0.2, -0.15) is 5.26 Å². The number of carbonyl (C=O) groups is 1. The molecule has 0 saturated heterocycles. The van der Waals surface area contributed by atoms with Crippen molar-refractivity contribution < 1.29 is 14.3 Å². The number of benzene rings is 2. The molecule has 1 heterocycles. The molecular formula is C24H26N2O3S. The number of hydrogen-bond acceptors (Lipinski definition) is 5. The summed E-state index contributed by atoms with van der Waals surface area (Å²) in [5, 5.41) is 13.2. The Hall–Kier alpha value is -3.04. The fraction of sp³-hybridized carbons (Fsp3) is 0.333. The second-order valence-corrected chi connectivity index (χ2v) is 8.58. The van der Waals surface area contributed by atoms with Crippen LogP contribution in [0.25, 0.3) is 10.1 Å². The van der Waals surface area contributed by atoms with E-state index in [1.54, 1.807) is 37.7 Å². The lowest BCUT2D eigenvalue weighted by Crippen LogP contribution is -2.44. The number of fused-ring (bicyclic) bond motifs is 1. The summed E-state index contributed by atoms with van der Waals surface area (Å²) in [5.41, 5.74) is 0.719. The van der Waals surface area contributed by atoms with Gasteiger partial charge in [0.15, 0.2) is 11.5 Å². The van der Waals surface area contributed by atoms with Crippen molar-refractivity contribution in [3.8, 4) is 17.6 Å². The van der Waals surface area contributed by atoms with E-state index in [9.17, 15) is 4.79 Å².